The fourth-order valence-electron chi connectivity index (χ4n) is 5.20. The van der Waals surface area contributed by atoms with E-state index in [4.69, 9.17) is 9.47 Å². The molecular formula is C30H46FN5O4Si. The third-order valence-corrected chi connectivity index (χ3v) is 10.7. The Morgan fingerprint density at radius 2 is 1.73 bits per heavy atom. The first-order chi connectivity index (χ1) is 19.0. The number of halogens is 1. The Labute approximate surface area is 244 Å². The molecule has 9 nitrogen and oxygen atoms in total. The number of carbonyl (C=O) groups excluding carboxylic acids is 2. The summed E-state index contributed by atoms with van der Waals surface area (Å²) in [6.45, 7) is 18.2. The van der Waals surface area contributed by atoms with Crippen LogP contribution in [0, 0.1) is 37.5 Å². The SMILES string of the molecule is Cc1nn(CO[C@H](C)[Si](C)(C)C)c(C)c1-c1ccc(NC(=O)[C@@H](NC(=O)OC(C)(C)C)C(C2CC2)C2CC2)nc1F. The number of amides is 2. The van der Waals surface area contributed by atoms with Crippen molar-refractivity contribution in [2.45, 2.75) is 111 Å². The molecule has 2 amide bonds. The maximum absolute atomic E-state index is 15.4. The molecule has 4 rings (SSSR count). The monoisotopic (exact) mass is 587 g/mol. The molecule has 0 spiro atoms. The van der Waals surface area contributed by atoms with E-state index in [0.717, 1.165) is 31.4 Å². The second-order valence-electron chi connectivity index (χ2n) is 13.7. The molecule has 0 aromatic carbocycles. The maximum Gasteiger partial charge on any atom is 0.408 e. The minimum Gasteiger partial charge on any atom is -0.444 e. The predicted octanol–water partition coefficient (Wildman–Crippen LogP) is 6.21. The Kier molecular flexibility index (Phi) is 8.99. The molecule has 2 aliphatic rings. The molecule has 2 aliphatic carbocycles. The van der Waals surface area contributed by atoms with Gasteiger partial charge in [-0.15, -0.1) is 0 Å². The summed E-state index contributed by atoms with van der Waals surface area (Å²) >= 11 is 0. The number of aryl methyl sites for hydroxylation is 1. The van der Waals surface area contributed by atoms with Crippen molar-refractivity contribution in [1.82, 2.24) is 20.1 Å². The van der Waals surface area contributed by atoms with Gasteiger partial charge in [0.05, 0.1) is 13.8 Å². The smallest absolute Gasteiger partial charge is 0.408 e. The van der Waals surface area contributed by atoms with E-state index < -0.39 is 37.7 Å². The van der Waals surface area contributed by atoms with E-state index in [0.29, 0.717) is 28.7 Å². The zero-order valence-electron chi connectivity index (χ0n) is 25.9. The van der Waals surface area contributed by atoms with Gasteiger partial charge in [-0.3, -0.25) is 4.79 Å². The third-order valence-electron chi connectivity index (χ3n) is 8.09. The number of ether oxygens (including phenoxy) is 2. The molecule has 2 aromatic rings. The van der Waals surface area contributed by atoms with Gasteiger partial charge in [-0.1, -0.05) is 19.6 Å². The van der Waals surface area contributed by atoms with E-state index in [1.54, 1.807) is 37.6 Å². The van der Waals surface area contributed by atoms with Gasteiger partial charge in [0.15, 0.2) is 0 Å². The Hall–Kier alpha value is -2.79. The molecule has 0 bridgehead atoms. The summed E-state index contributed by atoms with van der Waals surface area (Å²) in [5, 5.41) is 10.2. The van der Waals surface area contributed by atoms with Crippen LogP contribution in [0.25, 0.3) is 11.1 Å². The first-order valence-electron chi connectivity index (χ1n) is 14.7. The zero-order valence-corrected chi connectivity index (χ0v) is 26.9. The molecule has 226 valence electrons. The van der Waals surface area contributed by atoms with Crippen LogP contribution in [0.5, 0.6) is 0 Å². The van der Waals surface area contributed by atoms with Crippen molar-refractivity contribution < 1.29 is 23.5 Å². The van der Waals surface area contributed by atoms with Crippen molar-refractivity contribution in [2.24, 2.45) is 17.8 Å². The molecule has 41 heavy (non-hydrogen) atoms. The van der Waals surface area contributed by atoms with Crippen LogP contribution in [-0.2, 0) is 21.0 Å². The maximum atomic E-state index is 15.4. The molecule has 0 unspecified atom stereocenters. The number of carbonyl (C=O) groups is 2. The van der Waals surface area contributed by atoms with Crippen molar-refractivity contribution in [2.75, 3.05) is 5.32 Å². The summed E-state index contributed by atoms with van der Waals surface area (Å²) in [6, 6.07) is 2.42. The zero-order chi connectivity index (χ0) is 30.3. The summed E-state index contributed by atoms with van der Waals surface area (Å²) < 4.78 is 28.7. The van der Waals surface area contributed by atoms with Gasteiger partial charge in [-0.25, -0.2) is 14.5 Å². The molecule has 11 heteroatoms. The Morgan fingerprint density at radius 3 is 2.24 bits per heavy atom. The van der Waals surface area contributed by atoms with Crippen LogP contribution in [0.15, 0.2) is 12.1 Å². The van der Waals surface area contributed by atoms with E-state index in [1.165, 1.54) is 0 Å². The van der Waals surface area contributed by atoms with Crippen LogP contribution in [-0.4, -0.2) is 52.2 Å². The number of nitrogens with zero attached hydrogens (tertiary/aromatic N) is 3. The van der Waals surface area contributed by atoms with Crippen LogP contribution in [0.1, 0.15) is 64.8 Å². The lowest BCUT2D eigenvalue weighted by molar-refractivity contribution is -0.120. The molecule has 0 saturated heterocycles. The molecule has 2 aromatic heterocycles. The lowest BCUT2D eigenvalue weighted by Gasteiger charge is -2.29. The van der Waals surface area contributed by atoms with Crippen molar-refractivity contribution in [3.63, 3.8) is 0 Å². The third kappa shape index (κ3) is 7.94. The lowest BCUT2D eigenvalue weighted by atomic mass is 9.89. The highest BCUT2D eigenvalue weighted by Crippen LogP contribution is 2.51. The van der Waals surface area contributed by atoms with Crippen LogP contribution in [0.4, 0.5) is 15.0 Å². The van der Waals surface area contributed by atoms with Crippen LogP contribution in [0.2, 0.25) is 19.6 Å². The van der Waals surface area contributed by atoms with Gasteiger partial charge in [0.25, 0.3) is 0 Å². The van der Waals surface area contributed by atoms with Gasteiger partial charge < -0.3 is 20.1 Å². The predicted molar refractivity (Wildman–Crippen MR) is 160 cm³/mol. The number of hydrogen-bond donors (Lipinski definition) is 2. The van der Waals surface area contributed by atoms with Gasteiger partial charge >= 0.3 is 6.09 Å². The number of anilines is 1. The average molecular weight is 588 g/mol. The Morgan fingerprint density at radius 1 is 1.12 bits per heavy atom. The number of nitrogens with one attached hydrogen (secondary N) is 2. The molecule has 0 radical (unpaired) electrons. The van der Waals surface area contributed by atoms with Gasteiger partial charge in [0, 0.05) is 22.5 Å². The number of rotatable bonds is 11. The fraction of sp³-hybridized carbons (Fsp3) is 0.667. The molecule has 2 heterocycles. The molecule has 2 N–H and O–H groups in total. The summed E-state index contributed by atoms with van der Waals surface area (Å²) in [4.78, 5) is 30.3. The summed E-state index contributed by atoms with van der Waals surface area (Å²) in [7, 11) is -1.47. The lowest BCUT2D eigenvalue weighted by Crippen LogP contribution is -2.51. The van der Waals surface area contributed by atoms with E-state index in [-0.39, 0.29) is 24.2 Å². The molecule has 0 aliphatic heterocycles. The summed E-state index contributed by atoms with van der Waals surface area (Å²) in [5.74, 6) is -0.224. The van der Waals surface area contributed by atoms with E-state index in [1.807, 2.05) is 13.8 Å². The fourth-order valence-corrected chi connectivity index (χ4v) is 5.78. The minimum atomic E-state index is -1.47. The van der Waals surface area contributed by atoms with Crippen molar-refractivity contribution in [1.29, 1.82) is 0 Å². The van der Waals surface area contributed by atoms with Crippen LogP contribution in [0.3, 0.4) is 0 Å². The second-order valence-corrected chi connectivity index (χ2v) is 19.3. The number of pyridine rings is 1. The largest absolute Gasteiger partial charge is 0.444 e. The van der Waals surface area contributed by atoms with E-state index in [2.05, 4.69) is 47.3 Å². The topological polar surface area (TPSA) is 107 Å². The normalized spacial score (nSPS) is 17.3. The quantitative estimate of drug-likeness (QED) is 0.239. The highest BCUT2D eigenvalue weighted by Gasteiger charge is 2.48. The van der Waals surface area contributed by atoms with Gasteiger partial charge in [0.2, 0.25) is 11.9 Å². The molecule has 2 fully saturated rings. The number of hydrogen-bond acceptors (Lipinski definition) is 6. The number of aromatic nitrogens is 3. The standard InChI is InChI=1S/C30H46FN5O4Si/c1-17-24(18(2)36(35-17)16-39-19(3)41(7,8)9)22-14-15-23(32-27(22)31)33-28(37)26(34-29(38)40-30(4,5)6)25(20-10-11-20)21-12-13-21/h14-15,19-21,25-26H,10-13,16H2,1-9H3,(H,34,38)(H,32,33,37)/t19-,26-/m0/s1. The molecule has 2 saturated carbocycles. The van der Waals surface area contributed by atoms with Crippen LogP contribution < -0.4 is 10.6 Å². The molecular weight excluding hydrogens is 541 g/mol. The Balaban J connectivity index is 1.51. The van der Waals surface area contributed by atoms with Crippen molar-refractivity contribution >= 4 is 25.9 Å². The van der Waals surface area contributed by atoms with Crippen molar-refractivity contribution in [3.8, 4) is 11.1 Å². The molecule has 2 atom stereocenters. The summed E-state index contributed by atoms with van der Waals surface area (Å²) in [5.41, 5.74) is 1.86. The average Bonchev–Trinajstić information content (AvgIpc) is 3.76. The van der Waals surface area contributed by atoms with Crippen molar-refractivity contribution in [3.05, 3.63) is 29.5 Å². The van der Waals surface area contributed by atoms with E-state index >= 15 is 4.39 Å². The van der Waals surface area contributed by atoms with Gasteiger partial charge in [0.1, 0.15) is 24.2 Å². The van der Waals surface area contributed by atoms with Gasteiger partial charge in [-0.2, -0.15) is 9.49 Å². The number of alkyl carbamates (subject to hydrolysis) is 1. The minimum absolute atomic E-state index is 0.0219. The second kappa shape index (κ2) is 11.8. The van der Waals surface area contributed by atoms with E-state index in [9.17, 15) is 9.59 Å². The van der Waals surface area contributed by atoms with Crippen LogP contribution >= 0.6 is 0 Å². The first-order valence-corrected chi connectivity index (χ1v) is 18.3. The van der Waals surface area contributed by atoms with Gasteiger partial charge in [-0.05, 0) is 97.1 Å². The summed E-state index contributed by atoms with van der Waals surface area (Å²) in [6.07, 6.45) is 3.52. The first kappa shape index (κ1) is 31.1. The highest BCUT2D eigenvalue weighted by molar-refractivity contribution is 6.77. The highest BCUT2D eigenvalue weighted by atomic mass is 28.3. The Bertz CT molecular complexity index is 1260.